The number of carbonyl (C=O) groups excluding carboxylic acids is 1. The van der Waals surface area contributed by atoms with E-state index in [1.54, 1.807) is 0 Å². The number of benzene rings is 1. The molecule has 0 unspecified atom stereocenters. The minimum absolute atomic E-state index is 0.201. The number of halogens is 2. The molecule has 0 saturated carbocycles. The van der Waals surface area contributed by atoms with E-state index in [2.05, 4.69) is 9.68 Å². The summed E-state index contributed by atoms with van der Waals surface area (Å²) in [7, 11) is 0. The maximum Gasteiger partial charge on any atom is 0.253 e. The summed E-state index contributed by atoms with van der Waals surface area (Å²) in [4.78, 5) is 11.1. The van der Waals surface area contributed by atoms with Crippen LogP contribution in [0.25, 0.3) is 11.3 Å². The second-order valence-corrected chi connectivity index (χ2v) is 3.19. The standard InChI is InChI=1S/C10H5ClFNO2/c11-10(14)7-2-1-6(12)5-8(7)9-3-4-15-13-9/h1-5H. The Morgan fingerprint density at radius 2 is 2.20 bits per heavy atom. The van der Waals surface area contributed by atoms with Crippen LogP contribution in [0, 0.1) is 5.82 Å². The molecule has 0 radical (unpaired) electrons. The molecule has 15 heavy (non-hydrogen) atoms. The van der Waals surface area contributed by atoms with Gasteiger partial charge in [0.2, 0.25) is 0 Å². The third-order valence-corrected chi connectivity index (χ3v) is 2.11. The number of hydrogen-bond donors (Lipinski definition) is 0. The number of carbonyl (C=O) groups is 1. The summed E-state index contributed by atoms with van der Waals surface area (Å²) in [6.07, 6.45) is 1.34. The van der Waals surface area contributed by atoms with Crippen LogP contribution in [-0.2, 0) is 0 Å². The number of nitrogens with zero attached hydrogens (tertiary/aromatic N) is 1. The van der Waals surface area contributed by atoms with Gasteiger partial charge in [0.25, 0.3) is 5.24 Å². The van der Waals surface area contributed by atoms with E-state index in [0.717, 1.165) is 0 Å². The number of aromatic nitrogens is 1. The SMILES string of the molecule is O=C(Cl)c1ccc(F)cc1-c1ccon1. The van der Waals surface area contributed by atoms with Crippen LogP contribution in [0.15, 0.2) is 35.1 Å². The van der Waals surface area contributed by atoms with E-state index in [0.29, 0.717) is 11.3 Å². The molecular formula is C10H5ClFNO2. The normalized spacial score (nSPS) is 10.3. The molecule has 0 bridgehead atoms. The Labute approximate surface area is 89.4 Å². The summed E-state index contributed by atoms with van der Waals surface area (Å²) in [6.45, 7) is 0. The molecular weight excluding hydrogens is 221 g/mol. The molecule has 0 aliphatic rings. The van der Waals surface area contributed by atoms with Crippen molar-refractivity contribution in [3.8, 4) is 11.3 Å². The predicted molar refractivity (Wildman–Crippen MR) is 52.1 cm³/mol. The second-order valence-electron chi connectivity index (χ2n) is 2.85. The molecule has 0 atom stereocenters. The molecule has 1 heterocycles. The third-order valence-electron chi connectivity index (χ3n) is 1.91. The first-order valence-electron chi connectivity index (χ1n) is 4.08. The Hall–Kier alpha value is -1.68. The minimum Gasteiger partial charge on any atom is -0.364 e. The van der Waals surface area contributed by atoms with Crippen LogP contribution in [-0.4, -0.2) is 10.4 Å². The van der Waals surface area contributed by atoms with E-state index < -0.39 is 11.1 Å². The van der Waals surface area contributed by atoms with Gasteiger partial charge in [-0.3, -0.25) is 4.79 Å². The molecule has 3 nitrogen and oxygen atoms in total. The van der Waals surface area contributed by atoms with E-state index in [4.69, 9.17) is 11.6 Å². The van der Waals surface area contributed by atoms with E-state index in [1.807, 2.05) is 0 Å². The van der Waals surface area contributed by atoms with Crippen LogP contribution in [0.1, 0.15) is 10.4 Å². The Balaban J connectivity index is 2.63. The van der Waals surface area contributed by atoms with E-state index in [-0.39, 0.29) is 5.56 Å². The van der Waals surface area contributed by atoms with Crippen molar-refractivity contribution in [3.05, 3.63) is 41.9 Å². The number of hydrogen-bond acceptors (Lipinski definition) is 3. The predicted octanol–water partition coefficient (Wildman–Crippen LogP) is 2.86. The van der Waals surface area contributed by atoms with Gasteiger partial charge in [0.05, 0.1) is 0 Å². The Kier molecular flexibility index (Phi) is 2.51. The van der Waals surface area contributed by atoms with Crippen molar-refractivity contribution >= 4 is 16.8 Å². The Bertz CT molecular complexity index is 496. The second kappa shape index (κ2) is 3.82. The molecule has 0 aliphatic heterocycles. The van der Waals surface area contributed by atoms with Gasteiger partial charge in [0.1, 0.15) is 17.8 Å². The molecule has 1 aromatic carbocycles. The molecule has 0 fully saturated rings. The molecule has 0 amide bonds. The lowest BCUT2D eigenvalue weighted by molar-refractivity contribution is 0.108. The molecule has 5 heteroatoms. The lowest BCUT2D eigenvalue weighted by Crippen LogP contribution is -1.94. The summed E-state index contributed by atoms with van der Waals surface area (Å²) in [6, 6.07) is 5.19. The van der Waals surface area contributed by atoms with Crippen LogP contribution in [0.3, 0.4) is 0 Å². The smallest absolute Gasteiger partial charge is 0.253 e. The highest BCUT2D eigenvalue weighted by atomic mass is 35.5. The highest BCUT2D eigenvalue weighted by Gasteiger charge is 2.13. The summed E-state index contributed by atoms with van der Waals surface area (Å²) >= 11 is 5.36. The maximum absolute atomic E-state index is 13.0. The van der Waals surface area contributed by atoms with Gasteiger partial charge in [-0.05, 0) is 29.8 Å². The molecule has 0 aliphatic carbocycles. The average molecular weight is 226 g/mol. The molecule has 2 aromatic rings. The molecule has 0 spiro atoms. The number of rotatable bonds is 2. The van der Waals surface area contributed by atoms with Gasteiger partial charge >= 0.3 is 0 Å². The van der Waals surface area contributed by atoms with E-state index >= 15 is 0 Å². The molecule has 76 valence electrons. The van der Waals surface area contributed by atoms with Crippen molar-refractivity contribution in [3.63, 3.8) is 0 Å². The van der Waals surface area contributed by atoms with Crippen LogP contribution in [0.5, 0.6) is 0 Å². The van der Waals surface area contributed by atoms with Crippen LogP contribution in [0.4, 0.5) is 4.39 Å². The summed E-state index contributed by atoms with van der Waals surface area (Å²) in [5.41, 5.74) is 0.897. The van der Waals surface area contributed by atoms with Crippen molar-refractivity contribution in [2.75, 3.05) is 0 Å². The topological polar surface area (TPSA) is 43.1 Å². The van der Waals surface area contributed by atoms with Crippen molar-refractivity contribution in [1.82, 2.24) is 5.16 Å². The van der Waals surface area contributed by atoms with Gasteiger partial charge < -0.3 is 4.52 Å². The van der Waals surface area contributed by atoms with Gasteiger partial charge in [-0.25, -0.2) is 4.39 Å². The summed E-state index contributed by atoms with van der Waals surface area (Å²) < 4.78 is 17.6. The Morgan fingerprint density at radius 1 is 1.40 bits per heavy atom. The zero-order valence-corrected chi connectivity index (χ0v) is 8.16. The lowest BCUT2D eigenvalue weighted by Gasteiger charge is -2.01. The maximum atomic E-state index is 13.0. The van der Waals surface area contributed by atoms with Crippen molar-refractivity contribution in [1.29, 1.82) is 0 Å². The van der Waals surface area contributed by atoms with E-state index in [1.165, 1.54) is 30.5 Å². The van der Waals surface area contributed by atoms with Gasteiger partial charge in [0, 0.05) is 17.2 Å². The van der Waals surface area contributed by atoms with Crippen molar-refractivity contribution < 1.29 is 13.7 Å². The van der Waals surface area contributed by atoms with Crippen LogP contribution in [0.2, 0.25) is 0 Å². The third kappa shape index (κ3) is 1.89. The van der Waals surface area contributed by atoms with Gasteiger partial charge in [0.15, 0.2) is 0 Å². The monoisotopic (exact) mass is 225 g/mol. The molecule has 0 N–H and O–H groups in total. The fourth-order valence-electron chi connectivity index (χ4n) is 1.25. The minimum atomic E-state index is -0.659. The molecule has 1 aromatic heterocycles. The van der Waals surface area contributed by atoms with Crippen molar-refractivity contribution in [2.24, 2.45) is 0 Å². The zero-order valence-electron chi connectivity index (χ0n) is 7.41. The quantitative estimate of drug-likeness (QED) is 0.738. The first-order valence-corrected chi connectivity index (χ1v) is 4.46. The van der Waals surface area contributed by atoms with Crippen LogP contribution >= 0.6 is 11.6 Å². The summed E-state index contributed by atoms with van der Waals surface area (Å²) in [5.74, 6) is -0.463. The van der Waals surface area contributed by atoms with Gasteiger partial charge in [-0.15, -0.1) is 0 Å². The zero-order chi connectivity index (χ0) is 10.8. The lowest BCUT2D eigenvalue weighted by atomic mass is 10.1. The van der Waals surface area contributed by atoms with Crippen LogP contribution < -0.4 is 0 Å². The first kappa shape index (κ1) is 9.86. The molecule has 2 rings (SSSR count). The van der Waals surface area contributed by atoms with E-state index in [9.17, 15) is 9.18 Å². The van der Waals surface area contributed by atoms with Crippen molar-refractivity contribution in [2.45, 2.75) is 0 Å². The first-order chi connectivity index (χ1) is 7.18. The van der Waals surface area contributed by atoms with Gasteiger partial charge in [-0.1, -0.05) is 5.16 Å². The summed E-state index contributed by atoms with van der Waals surface area (Å²) in [5, 5.41) is 2.96. The Morgan fingerprint density at radius 3 is 2.80 bits per heavy atom. The highest BCUT2D eigenvalue weighted by molar-refractivity contribution is 6.68. The highest BCUT2D eigenvalue weighted by Crippen LogP contribution is 2.24. The fourth-order valence-corrected chi connectivity index (χ4v) is 1.42. The van der Waals surface area contributed by atoms with Gasteiger partial charge in [-0.2, -0.15) is 0 Å². The average Bonchev–Trinajstić information content (AvgIpc) is 2.69. The molecule has 0 saturated heterocycles. The largest absolute Gasteiger partial charge is 0.364 e. The fraction of sp³-hybridized carbons (Fsp3) is 0.